The highest BCUT2D eigenvalue weighted by molar-refractivity contribution is 7.99. The zero-order valence-corrected chi connectivity index (χ0v) is 29.9. The van der Waals surface area contributed by atoms with Crippen LogP contribution in [-0.2, 0) is 5.60 Å². The molecular formula is C39H50N4O4S. The molecule has 2 N–H and O–H groups in total. The normalized spacial score (nSPS) is 18.8. The number of fused-ring (bicyclic) bond motifs is 2. The van der Waals surface area contributed by atoms with Crippen LogP contribution in [0.1, 0.15) is 48.5 Å². The summed E-state index contributed by atoms with van der Waals surface area (Å²) in [6.45, 7) is 4.20. The number of pyridine rings is 1. The van der Waals surface area contributed by atoms with Crippen LogP contribution in [0.2, 0.25) is 0 Å². The number of ether oxygens (including phenoxy) is 1. The van der Waals surface area contributed by atoms with Gasteiger partial charge in [-0.15, -0.1) is 0 Å². The van der Waals surface area contributed by atoms with Gasteiger partial charge in [0, 0.05) is 47.2 Å². The van der Waals surface area contributed by atoms with Crippen molar-refractivity contribution in [3.8, 4) is 5.75 Å². The van der Waals surface area contributed by atoms with E-state index in [0.29, 0.717) is 12.0 Å². The Balaban J connectivity index is 0.000000174. The van der Waals surface area contributed by atoms with Crippen LogP contribution in [0.5, 0.6) is 5.75 Å². The van der Waals surface area contributed by atoms with Crippen LogP contribution < -0.4 is 9.64 Å². The zero-order valence-electron chi connectivity index (χ0n) is 29.0. The van der Waals surface area contributed by atoms with Crippen molar-refractivity contribution >= 4 is 29.1 Å². The topological polar surface area (TPSA) is 89.4 Å². The van der Waals surface area contributed by atoms with Crippen molar-refractivity contribution in [2.45, 2.75) is 54.0 Å². The van der Waals surface area contributed by atoms with E-state index in [9.17, 15) is 9.90 Å². The van der Waals surface area contributed by atoms with Crippen molar-refractivity contribution in [3.63, 3.8) is 0 Å². The molecule has 0 amide bonds. The Kier molecular flexibility index (Phi) is 13.5. The van der Waals surface area contributed by atoms with Crippen LogP contribution >= 0.6 is 11.8 Å². The summed E-state index contributed by atoms with van der Waals surface area (Å²) < 4.78 is 5.29. The Morgan fingerprint density at radius 2 is 1.65 bits per heavy atom. The van der Waals surface area contributed by atoms with E-state index in [0.717, 1.165) is 43.7 Å². The minimum atomic E-state index is -0.942. The standard InChI is InChI=1S/C17H20N2S.C16H25NO2.C6H5NO2/c1-13(18(2)3)12-19-14-8-4-6-10-16(14)20-17-11-7-5-9-15(17)19;1-17(2)12-14-7-4-5-10-16(14,18)13-8-6-9-15(11-13)19-3;8-6(9)5-2-1-3-7-4-5/h4-11,13H,12H2,1-3H3;6,8-9,11,14,18H,4-5,7,10,12H2,1-3H3;1-4H,(H,8,9)/t;14-,16+;/m.1./s1. The predicted octanol–water partition coefficient (Wildman–Crippen LogP) is 7.65. The largest absolute Gasteiger partial charge is 0.497 e. The predicted molar refractivity (Wildman–Crippen MR) is 196 cm³/mol. The van der Waals surface area contributed by atoms with E-state index in [2.05, 4.69) is 103 Å². The zero-order chi connectivity index (χ0) is 34.7. The van der Waals surface area contributed by atoms with E-state index in [1.54, 1.807) is 13.2 Å². The molecule has 6 rings (SSSR count). The maximum Gasteiger partial charge on any atom is 0.337 e. The smallest absolute Gasteiger partial charge is 0.337 e. The molecule has 1 aliphatic carbocycles. The Morgan fingerprint density at radius 3 is 2.19 bits per heavy atom. The first-order chi connectivity index (χ1) is 23.0. The number of carboxylic acids is 1. The van der Waals surface area contributed by atoms with Crippen LogP contribution in [0.4, 0.5) is 11.4 Å². The molecule has 0 bridgehead atoms. The summed E-state index contributed by atoms with van der Waals surface area (Å²) in [4.78, 5) is 23.4. The number of aromatic carboxylic acids is 1. The van der Waals surface area contributed by atoms with Gasteiger partial charge in [-0.1, -0.05) is 61.0 Å². The molecule has 48 heavy (non-hydrogen) atoms. The Labute approximate surface area is 290 Å². The average Bonchev–Trinajstić information content (AvgIpc) is 3.10. The van der Waals surface area contributed by atoms with Gasteiger partial charge in [-0.05, 0) is 102 Å². The molecule has 1 unspecified atom stereocenters. The third-order valence-corrected chi connectivity index (χ3v) is 10.1. The van der Waals surface area contributed by atoms with Crippen molar-refractivity contribution in [1.29, 1.82) is 0 Å². The Hall–Kier alpha value is -3.89. The number of para-hydroxylation sites is 2. The molecule has 0 saturated heterocycles. The number of hydrogen-bond donors (Lipinski definition) is 2. The highest BCUT2D eigenvalue weighted by atomic mass is 32.2. The van der Waals surface area contributed by atoms with Gasteiger partial charge in [0.1, 0.15) is 5.75 Å². The Bertz CT molecular complexity index is 1560. The van der Waals surface area contributed by atoms with E-state index in [1.165, 1.54) is 46.0 Å². The number of aromatic nitrogens is 1. The molecule has 1 saturated carbocycles. The van der Waals surface area contributed by atoms with Crippen molar-refractivity contribution in [3.05, 3.63) is 108 Å². The minimum Gasteiger partial charge on any atom is -0.497 e. The lowest BCUT2D eigenvalue weighted by atomic mass is 9.71. The first kappa shape index (κ1) is 36.9. The third kappa shape index (κ3) is 9.60. The molecule has 0 spiro atoms. The number of benzene rings is 3. The molecule has 3 atom stereocenters. The lowest BCUT2D eigenvalue weighted by molar-refractivity contribution is -0.0619. The number of carboxylic acid groups (broad SMARTS) is 1. The molecule has 3 aromatic carbocycles. The van der Waals surface area contributed by atoms with Gasteiger partial charge in [0.05, 0.1) is 29.6 Å². The summed E-state index contributed by atoms with van der Waals surface area (Å²) in [5.74, 6) is 0.173. The maximum absolute atomic E-state index is 11.2. The second kappa shape index (κ2) is 17.5. The number of carbonyl (C=O) groups is 1. The van der Waals surface area contributed by atoms with E-state index in [1.807, 2.05) is 36.0 Å². The van der Waals surface area contributed by atoms with Gasteiger partial charge in [-0.3, -0.25) is 4.98 Å². The van der Waals surface area contributed by atoms with E-state index in [4.69, 9.17) is 9.84 Å². The highest BCUT2D eigenvalue weighted by Crippen LogP contribution is 2.48. The monoisotopic (exact) mass is 670 g/mol. The van der Waals surface area contributed by atoms with Crippen LogP contribution in [0.25, 0.3) is 0 Å². The summed E-state index contributed by atoms with van der Waals surface area (Å²) in [5.41, 5.74) is 3.16. The van der Waals surface area contributed by atoms with Crippen LogP contribution in [-0.4, -0.2) is 85.4 Å². The number of anilines is 2. The summed E-state index contributed by atoms with van der Waals surface area (Å²) in [5, 5.41) is 19.5. The second-order valence-electron chi connectivity index (χ2n) is 12.9. The number of likely N-dealkylation sites (N-methyl/N-ethyl adjacent to an activating group) is 1. The Morgan fingerprint density at radius 1 is 0.979 bits per heavy atom. The minimum absolute atomic E-state index is 0.220. The molecule has 2 aliphatic rings. The fourth-order valence-corrected chi connectivity index (χ4v) is 7.17. The lowest BCUT2D eigenvalue weighted by Crippen LogP contribution is -2.43. The van der Waals surface area contributed by atoms with Crippen LogP contribution in [0, 0.1) is 5.92 Å². The highest BCUT2D eigenvalue weighted by Gasteiger charge is 2.40. The van der Waals surface area contributed by atoms with Crippen LogP contribution in [0.3, 0.4) is 0 Å². The summed E-state index contributed by atoms with van der Waals surface area (Å²) in [6, 6.07) is 28.8. The second-order valence-corrected chi connectivity index (χ2v) is 14.0. The van der Waals surface area contributed by atoms with Gasteiger partial charge in [-0.25, -0.2) is 4.79 Å². The van der Waals surface area contributed by atoms with Gasteiger partial charge in [0.25, 0.3) is 0 Å². The fourth-order valence-electron chi connectivity index (χ4n) is 6.08. The van der Waals surface area contributed by atoms with E-state index < -0.39 is 11.6 Å². The first-order valence-electron chi connectivity index (χ1n) is 16.5. The summed E-state index contributed by atoms with van der Waals surface area (Å²) >= 11 is 1.87. The molecule has 8 nitrogen and oxygen atoms in total. The van der Waals surface area contributed by atoms with Crippen molar-refractivity contribution in [1.82, 2.24) is 14.8 Å². The SMILES string of the molecule is CC(CN1c2ccccc2Sc2ccccc21)N(C)C.COc1cccc([C@@]2(O)CCCC[C@@H]2CN(C)C)c1.O=C(O)c1cccnc1. The molecule has 1 aromatic heterocycles. The lowest BCUT2D eigenvalue weighted by Gasteiger charge is -2.41. The van der Waals surface area contributed by atoms with Gasteiger partial charge >= 0.3 is 5.97 Å². The number of aliphatic hydroxyl groups is 1. The van der Waals surface area contributed by atoms with E-state index in [-0.39, 0.29) is 5.56 Å². The molecule has 2 heterocycles. The quantitative estimate of drug-likeness (QED) is 0.196. The molecule has 1 aliphatic heterocycles. The number of nitrogens with zero attached hydrogens (tertiary/aromatic N) is 4. The van der Waals surface area contributed by atoms with Crippen LogP contribution in [0.15, 0.2) is 107 Å². The average molecular weight is 671 g/mol. The van der Waals surface area contributed by atoms with Gasteiger partial charge < -0.3 is 29.6 Å². The molecule has 1 fully saturated rings. The molecule has 256 valence electrons. The fraction of sp³-hybridized carbons (Fsp3) is 0.385. The van der Waals surface area contributed by atoms with Crippen molar-refractivity contribution < 1.29 is 19.7 Å². The molecule has 9 heteroatoms. The maximum atomic E-state index is 11.2. The summed E-state index contributed by atoms with van der Waals surface area (Å²) in [7, 11) is 10.1. The van der Waals surface area contributed by atoms with E-state index >= 15 is 0 Å². The first-order valence-corrected chi connectivity index (χ1v) is 17.3. The molecule has 4 aromatic rings. The molecular weight excluding hydrogens is 621 g/mol. The number of rotatable bonds is 8. The van der Waals surface area contributed by atoms with Gasteiger partial charge in [0.15, 0.2) is 0 Å². The third-order valence-electron chi connectivity index (χ3n) is 8.96. The van der Waals surface area contributed by atoms with Gasteiger partial charge in [-0.2, -0.15) is 0 Å². The van der Waals surface area contributed by atoms with Crippen molar-refractivity contribution in [2.24, 2.45) is 5.92 Å². The van der Waals surface area contributed by atoms with Crippen molar-refractivity contribution in [2.75, 3.05) is 53.3 Å². The summed E-state index contributed by atoms with van der Waals surface area (Å²) in [6.07, 6.45) is 7.09. The number of hydrogen-bond acceptors (Lipinski definition) is 8. The number of methoxy groups -OCH3 is 1. The van der Waals surface area contributed by atoms with Gasteiger partial charge in [0.2, 0.25) is 0 Å². The molecule has 0 radical (unpaired) electrons.